The molecule has 1 saturated carbocycles. The van der Waals surface area contributed by atoms with Gasteiger partial charge in [-0.05, 0) is 19.9 Å². The van der Waals surface area contributed by atoms with Crippen molar-refractivity contribution >= 4 is 5.91 Å². The van der Waals surface area contributed by atoms with Crippen molar-refractivity contribution in [1.82, 2.24) is 20.4 Å². The minimum atomic E-state index is 0.232. The van der Waals surface area contributed by atoms with Crippen LogP contribution in [-0.2, 0) is 4.79 Å². The average molecular weight is 296 g/mol. The molecule has 0 unspecified atom stereocenters. The third kappa shape index (κ3) is 6.76. The highest BCUT2D eigenvalue weighted by atomic mass is 16.1. The van der Waals surface area contributed by atoms with Crippen LogP contribution in [0.25, 0.3) is 0 Å². The zero-order valence-corrected chi connectivity index (χ0v) is 13.6. The van der Waals surface area contributed by atoms with Crippen LogP contribution in [0.4, 0.5) is 0 Å². The van der Waals surface area contributed by atoms with Crippen LogP contribution in [0.3, 0.4) is 0 Å². The largest absolute Gasteiger partial charge is 0.353 e. The topological polar surface area (TPSA) is 47.6 Å². The first-order valence-electron chi connectivity index (χ1n) is 8.65. The highest BCUT2D eigenvalue weighted by Crippen LogP contribution is 2.17. The van der Waals surface area contributed by atoms with Crippen LogP contribution >= 0.6 is 0 Å². The predicted molar refractivity (Wildman–Crippen MR) is 86.4 cm³/mol. The second-order valence-electron chi connectivity index (χ2n) is 6.55. The van der Waals surface area contributed by atoms with Gasteiger partial charge >= 0.3 is 0 Å². The molecule has 1 aliphatic heterocycles. The molecule has 0 aromatic carbocycles. The monoisotopic (exact) mass is 296 g/mol. The van der Waals surface area contributed by atoms with Gasteiger partial charge in [0, 0.05) is 58.3 Å². The molecule has 2 fully saturated rings. The highest BCUT2D eigenvalue weighted by Gasteiger charge is 2.16. The minimum absolute atomic E-state index is 0.232. The lowest BCUT2D eigenvalue weighted by molar-refractivity contribution is -0.122. The number of carbonyl (C=O) groups is 1. The maximum absolute atomic E-state index is 12.0. The predicted octanol–water partition coefficient (Wildman–Crippen LogP) is 0.662. The molecular formula is C16H32N4O. The van der Waals surface area contributed by atoms with Gasteiger partial charge in [0.15, 0.2) is 0 Å². The fourth-order valence-corrected chi connectivity index (χ4v) is 3.20. The summed E-state index contributed by atoms with van der Waals surface area (Å²) in [5.41, 5.74) is 0. The molecule has 5 nitrogen and oxygen atoms in total. The van der Waals surface area contributed by atoms with Gasteiger partial charge in [0.05, 0.1) is 0 Å². The molecule has 2 aliphatic rings. The first-order valence-corrected chi connectivity index (χ1v) is 8.65. The standard InChI is InChI=1S/C16H32N4O/c1-19(13-14-20-11-8-17-9-12-20)10-7-16(21)18-15-5-3-2-4-6-15/h15,17H,2-14H2,1H3,(H,18,21). The van der Waals surface area contributed by atoms with E-state index in [1.165, 1.54) is 32.1 Å². The van der Waals surface area contributed by atoms with Crippen molar-refractivity contribution in [3.8, 4) is 0 Å². The van der Waals surface area contributed by atoms with E-state index < -0.39 is 0 Å². The summed E-state index contributed by atoms with van der Waals surface area (Å²) in [6, 6.07) is 0.442. The van der Waals surface area contributed by atoms with Crippen molar-refractivity contribution in [1.29, 1.82) is 0 Å². The molecule has 1 saturated heterocycles. The number of carbonyl (C=O) groups excluding carboxylic acids is 1. The van der Waals surface area contributed by atoms with E-state index in [9.17, 15) is 4.79 Å². The van der Waals surface area contributed by atoms with Crippen molar-refractivity contribution in [2.24, 2.45) is 0 Å². The molecule has 0 bridgehead atoms. The van der Waals surface area contributed by atoms with Crippen molar-refractivity contribution in [3.05, 3.63) is 0 Å². The van der Waals surface area contributed by atoms with E-state index in [2.05, 4.69) is 27.5 Å². The van der Waals surface area contributed by atoms with Gasteiger partial charge in [-0.3, -0.25) is 9.69 Å². The lowest BCUT2D eigenvalue weighted by Crippen LogP contribution is -2.46. The number of nitrogens with one attached hydrogen (secondary N) is 2. The Kier molecular flexibility index (Phi) is 7.47. The van der Waals surface area contributed by atoms with Gasteiger partial charge in [-0.25, -0.2) is 0 Å². The number of hydrogen-bond acceptors (Lipinski definition) is 4. The van der Waals surface area contributed by atoms with E-state index in [1.54, 1.807) is 0 Å². The Hall–Kier alpha value is -0.650. The fourth-order valence-electron chi connectivity index (χ4n) is 3.20. The fraction of sp³-hybridized carbons (Fsp3) is 0.938. The molecule has 1 aliphatic carbocycles. The Morgan fingerprint density at radius 2 is 1.90 bits per heavy atom. The van der Waals surface area contributed by atoms with Crippen LogP contribution in [0.5, 0.6) is 0 Å². The van der Waals surface area contributed by atoms with E-state index in [0.29, 0.717) is 12.5 Å². The van der Waals surface area contributed by atoms with Crippen LogP contribution in [-0.4, -0.2) is 74.6 Å². The molecule has 1 amide bonds. The molecule has 0 aromatic heterocycles. The van der Waals surface area contributed by atoms with Crippen LogP contribution < -0.4 is 10.6 Å². The Labute approximate surface area is 129 Å². The lowest BCUT2D eigenvalue weighted by Gasteiger charge is -2.29. The Morgan fingerprint density at radius 1 is 1.19 bits per heavy atom. The van der Waals surface area contributed by atoms with Crippen molar-refractivity contribution in [2.75, 3.05) is 52.9 Å². The van der Waals surface area contributed by atoms with Crippen LogP contribution in [0.2, 0.25) is 0 Å². The van der Waals surface area contributed by atoms with Crippen molar-refractivity contribution in [2.45, 2.75) is 44.6 Å². The smallest absolute Gasteiger partial charge is 0.221 e. The normalized spacial score (nSPS) is 21.6. The lowest BCUT2D eigenvalue weighted by atomic mass is 9.95. The summed E-state index contributed by atoms with van der Waals surface area (Å²) in [6.45, 7) is 7.54. The minimum Gasteiger partial charge on any atom is -0.353 e. The Bertz CT molecular complexity index is 299. The van der Waals surface area contributed by atoms with Crippen molar-refractivity contribution in [3.63, 3.8) is 0 Å². The van der Waals surface area contributed by atoms with Gasteiger partial charge in [0.1, 0.15) is 0 Å². The number of rotatable bonds is 7. The molecule has 1 heterocycles. The van der Waals surface area contributed by atoms with Crippen LogP contribution in [0.15, 0.2) is 0 Å². The van der Waals surface area contributed by atoms with Crippen molar-refractivity contribution < 1.29 is 4.79 Å². The number of amides is 1. The summed E-state index contributed by atoms with van der Waals surface area (Å²) in [5.74, 6) is 0.232. The summed E-state index contributed by atoms with van der Waals surface area (Å²) in [6.07, 6.45) is 6.86. The zero-order valence-electron chi connectivity index (χ0n) is 13.6. The quantitative estimate of drug-likeness (QED) is 0.725. The Morgan fingerprint density at radius 3 is 2.62 bits per heavy atom. The summed E-state index contributed by atoms with van der Waals surface area (Å²) >= 11 is 0. The Balaban J connectivity index is 1.52. The molecule has 5 heteroatoms. The second-order valence-corrected chi connectivity index (χ2v) is 6.55. The number of piperazine rings is 1. The van der Waals surface area contributed by atoms with E-state index in [-0.39, 0.29) is 5.91 Å². The van der Waals surface area contributed by atoms with Gasteiger partial charge in [-0.15, -0.1) is 0 Å². The first-order chi connectivity index (χ1) is 10.2. The molecule has 2 N–H and O–H groups in total. The molecule has 2 rings (SSSR count). The zero-order chi connectivity index (χ0) is 14.9. The van der Waals surface area contributed by atoms with E-state index in [0.717, 1.165) is 45.8 Å². The van der Waals surface area contributed by atoms with Gasteiger partial charge < -0.3 is 15.5 Å². The summed E-state index contributed by atoms with van der Waals surface area (Å²) < 4.78 is 0. The molecule has 0 aromatic rings. The third-order valence-electron chi connectivity index (χ3n) is 4.70. The van der Waals surface area contributed by atoms with Crippen LogP contribution in [0.1, 0.15) is 38.5 Å². The van der Waals surface area contributed by atoms with Gasteiger partial charge in [0.2, 0.25) is 5.91 Å². The summed E-state index contributed by atoms with van der Waals surface area (Å²) in [4.78, 5) is 16.7. The molecule has 0 spiro atoms. The number of nitrogens with zero attached hydrogens (tertiary/aromatic N) is 2. The third-order valence-corrected chi connectivity index (χ3v) is 4.70. The molecule has 0 atom stereocenters. The average Bonchev–Trinajstić information content (AvgIpc) is 2.53. The molecule has 122 valence electrons. The second kappa shape index (κ2) is 9.38. The highest BCUT2D eigenvalue weighted by molar-refractivity contribution is 5.76. The van der Waals surface area contributed by atoms with Gasteiger partial charge in [-0.1, -0.05) is 19.3 Å². The molecule has 21 heavy (non-hydrogen) atoms. The SMILES string of the molecule is CN(CCC(=O)NC1CCCCC1)CCN1CCNCC1. The maximum atomic E-state index is 12.0. The van der Waals surface area contributed by atoms with Gasteiger partial charge in [0.25, 0.3) is 0 Å². The van der Waals surface area contributed by atoms with Gasteiger partial charge in [-0.2, -0.15) is 0 Å². The summed E-state index contributed by atoms with van der Waals surface area (Å²) in [5, 5.41) is 6.57. The number of hydrogen-bond donors (Lipinski definition) is 2. The van der Waals surface area contributed by atoms with E-state index >= 15 is 0 Å². The first kappa shape index (κ1) is 16.7. The molecule has 0 radical (unpaired) electrons. The van der Waals surface area contributed by atoms with E-state index in [1.807, 2.05) is 0 Å². The van der Waals surface area contributed by atoms with Crippen LogP contribution in [0, 0.1) is 0 Å². The molecular weight excluding hydrogens is 264 g/mol. The maximum Gasteiger partial charge on any atom is 0.221 e. The number of likely N-dealkylation sites (N-methyl/N-ethyl adjacent to an activating group) is 1. The summed E-state index contributed by atoms with van der Waals surface area (Å²) in [7, 11) is 2.12. The van der Waals surface area contributed by atoms with E-state index in [4.69, 9.17) is 0 Å².